The molecule has 7 heteroatoms. The van der Waals surface area contributed by atoms with Crippen molar-refractivity contribution >= 4 is 11.7 Å². The molecule has 1 amide bonds. The van der Waals surface area contributed by atoms with Crippen LogP contribution in [0.1, 0.15) is 5.56 Å². The van der Waals surface area contributed by atoms with Crippen LogP contribution >= 0.6 is 0 Å². The summed E-state index contributed by atoms with van der Waals surface area (Å²) in [4.78, 5) is 13.6. The lowest BCUT2D eigenvalue weighted by Gasteiger charge is -2.16. The summed E-state index contributed by atoms with van der Waals surface area (Å²) in [6, 6.07) is 1.66. The van der Waals surface area contributed by atoms with Crippen LogP contribution in [0.4, 0.5) is 5.82 Å². The maximum atomic E-state index is 11.9. The highest BCUT2D eigenvalue weighted by Crippen LogP contribution is 2.03. The molecule has 0 saturated heterocycles. The summed E-state index contributed by atoms with van der Waals surface area (Å²) >= 11 is 0. The number of hydrogen-bond donors (Lipinski definition) is 1. The molecule has 0 aromatic carbocycles. The topological polar surface area (TPSA) is 82.0 Å². The Morgan fingerprint density at radius 2 is 2.33 bits per heavy atom. The minimum atomic E-state index is -0.0260. The van der Waals surface area contributed by atoms with Gasteiger partial charge in [0, 0.05) is 38.6 Å². The van der Waals surface area contributed by atoms with Gasteiger partial charge in [-0.05, 0) is 6.07 Å². The Labute approximate surface area is 105 Å². The van der Waals surface area contributed by atoms with Crippen molar-refractivity contribution in [3.8, 4) is 0 Å². The first-order valence-electron chi connectivity index (χ1n) is 5.55. The van der Waals surface area contributed by atoms with Crippen molar-refractivity contribution in [3.63, 3.8) is 0 Å². The van der Waals surface area contributed by atoms with E-state index in [-0.39, 0.29) is 12.5 Å². The molecule has 0 aliphatic heterocycles. The average Bonchev–Trinajstić information content (AvgIpc) is 2.88. The van der Waals surface area contributed by atoms with E-state index in [0.717, 1.165) is 5.56 Å². The number of nitrogen functional groups attached to an aromatic ring is 1. The summed E-state index contributed by atoms with van der Waals surface area (Å²) in [7, 11) is 3.60. The zero-order chi connectivity index (χ0) is 13.1. The van der Waals surface area contributed by atoms with E-state index in [9.17, 15) is 4.79 Å². The molecule has 2 aromatic heterocycles. The van der Waals surface area contributed by atoms with Crippen LogP contribution in [0.5, 0.6) is 0 Å². The van der Waals surface area contributed by atoms with Crippen molar-refractivity contribution in [3.05, 3.63) is 30.2 Å². The molecular formula is C11H16N6O. The first-order valence-corrected chi connectivity index (χ1v) is 5.55. The van der Waals surface area contributed by atoms with Gasteiger partial charge >= 0.3 is 0 Å². The summed E-state index contributed by atoms with van der Waals surface area (Å²) in [5.41, 5.74) is 6.48. The quantitative estimate of drug-likeness (QED) is 0.816. The average molecular weight is 248 g/mol. The molecule has 2 heterocycles. The molecule has 0 bridgehead atoms. The molecule has 2 aromatic rings. The standard InChI is InChI=1S/C11H16N6O/c1-15(6-9-5-13-16(2)7-9)11(18)8-17-4-3-10(12)14-17/h3-5,7H,6,8H2,1-2H3,(H2,12,14). The Morgan fingerprint density at radius 1 is 1.56 bits per heavy atom. The summed E-state index contributed by atoms with van der Waals surface area (Å²) in [6.07, 6.45) is 5.32. The van der Waals surface area contributed by atoms with E-state index in [4.69, 9.17) is 5.73 Å². The Bertz CT molecular complexity index is 543. The number of rotatable bonds is 4. The van der Waals surface area contributed by atoms with Crippen molar-refractivity contribution in [2.45, 2.75) is 13.1 Å². The zero-order valence-electron chi connectivity index (χ0n) is 10.4. The van der Waals surface area contributed by atoms with Gasteiger partial charge in [0.2, 0.25) is 5.91 Å². The molecule has 7 nitrogen and oxygen atoms in total. The van der Waals surface area contributed by atoms with Crippen molar-refractivity contribution < 1.29 is 4.79 Å². The molecule has 0 saturated carbocycles. The van der Waals surface area contributed by atoms with Crippen molar-refractivity contribution in [1.29, 1.82) is 0 Å². The minimum absolute atomic E-state index is 0.0260. The monoisotopic (exact) mass is 248 g/mol. The van der Waals surface area contributed by atoms with E-state index < -0.39 is 0 Å². The van der Waals surface area contributed by atoms with Crippen LogP contribution in [0, 0.1) is 0 Å². The molecule has 0 aliphatic carbocycles. The summed E-state index contributed by atoms with van der Waals surface area (Å²) in [5, 5.41) is 8.04. The molecule has 2 N–H and O–H groups in total. The van der Waals surface area contributed by atoms with Crippen molar-refractivity contribution in [1.82, 2.24) is 24.5 Å². The predicted octanol–water partition coefficient (Wildman–Crippen LogP) is -0.143. The molecular weight excluding hydrogens is 232 g/mol. The molecule has 2 rings (SSSR count). The second-order valence-corrected chi connectivity index (χ2v) is 4.21. The largest absolute Gasteiger partial charge is 0.382 e. The van der Waals surface area contributed by atoms with Gasteiger partial charge in [-0.15, -0.1) is 0 Å². The first-order chi connectivity index (χ1) is 8.54. The van der Waals surface area contributed by atoms with Gasteiger partial charge in [0.15, 0.2) is 0 Å². The van der Waals surface area contributed by atoms with Crippen LogP contribution in [-0.2, 0) is 24.9 Å². The number of carbonyl (C=O) groups is 1. The summed E-state index contributed by atoms with van der Waals surface area (Å²) in [5.74, 6) is 0.389. The Morgan fingerprint density at radius 3 is 2.89 bits per heavy atom. The fraction of sp³-hybridized carbons (Fsp3) is 0.364. The fourth-order valence-corrected chi connectivity index (χ4v) is 1.64. The zero-order valence-corrected chi connectivity index (χ0v) is 10.4. The van der Waals surface area contributed by atoms with Gasteiger partial charge in [0.1, 0.15) is 12.4 Å². The van der Waals surface area contributed by atoms with Gasteiger partial charge in [0.25, 0.3) is 0 Å². The molecule has 0 aliphatic rings. The number of nitrogens with zero attached hydrogens (tertiary/aromatic N) is 5. The van der Waals surface area contributed by atoms with E-state index in [0.29, 0.717) is 12.4 Å². The number of nitrogens with two attached hydrogens (primary N) is 1. The van der Waals surface area contributed by atoms with E-state index in [2.05, 4.69) is 10.2 Å². The number of amides is 1. The highest BCUT2D eigenvalue weighted by atomic mass is 16.2. The lowest BCUT2D eigenvalue weighted by molar-refractivity contribution is -0.131. The SMILES string of the molecule is CN(Cc1cnn(C)c1)C(=O)Cn1ccc(N)n1. The molecule has 0 spiro atoms. The van der Waals surface area contributed by atoms with Crippen molar-refractivity contribution in [2.24, 2.45) is 7.05 Å². The third-order valence-electron chi connectivity index (χ3n) is 2.56. The Hall–Kier alpha value is -2.31. The maximum absolute atomic E-state index is 11.9. The fourth-order valence-electron chi connectivity index (χ4n) is 1.64. The maximum Gasteiger partial charge on any atom is 0.244 e. The second kappa shape index (κ2) is 4.91. The van der Waals surface area contributed by atoms with Crippen molar-refractivity contribution in [2.75, 3.05) is 12.8 Å². The number of anilines is 1. The van der Waals surface area contributed by atoms with Crippen LogP contribution in [0.15, 0.2) is 24.7 Å². The highest BCUT2D eigenvalue weighted by molar-refractivity contribution is 5.75. The van der Waals surface area contributed by atoms with Crippen LogP contribution in [0.2, 0.25) is 0 Å². The molecule has 0 atom stereocenters. The molecule has 96 valence electrons. The number of carbonyl (C=O) groups excluding carboxylic acids is 1. The summed E-state index contributed by atoms with van der Waals surface area (Å²) < 4.78 is 3.24. The second-order valence-electron chi connectivity index (χ2n) is 4.21. The Balaban J connectivity index is 1.92. The number of likely N-dealkylation sites (N-methyl/N-ethyl adjacent to an activating group) is 1. The van der Waals surface area contributed by atoms with E-state index in [1.165, 1.54) is 4.68 Å². The van der Waals surface area contributed by atoms with Crippen LogP contribution < -0.4 is 5.73 Å². The highest BCUT2D eigenvalue weighted by Gasteiger charge is 2.11. The molecule has 0 fully saturated rings. The number of aromatic nitrogens is 4. The number of hydrogen-bond acceptors (Lipinski definition) is 4. The first kappa shape index (κ1) is 12.2. The van der Waals surface area contributed by atoms with Gasteiger partial charge < -0.3 is 10.6 Å². The van der Waals surface area contributed by atoms with Crippen LogP contribution in [0.25, 0.3) is 0 Å². The third-order valence-corrected chi connectivity index (χ3v) is 2.56. The van der Waals surface area contributed by atoms with E-state index in [1.807, 2.05) is 13.2 Å². The lowest BCUT2D eigenvalue weighted by atomic mass is 10.3. The van der Waals surface area contributed by atoms with Gasteiger partial charge in [-0.1, -0.05) is 0 Å². The van der Waals surface area contributed by atoms with Crippen LogP contribution in [0.3, 0.4) is 0 Å². The van der Waals surface area contributed by atoms with Gasteiger partial charge in [-0.25, -0.2) is 0 Å². The number of aryl methyl sites for hydroxylation is 1. The molecule has 0 radical (unpaired) electrons. The lowest BCUT2D eigenvalue weighted by Crippen LogP contribution is -2.29. The molecule has 18 heavy (non-hydrogen) atoms. The predicted molar refractivity (Wildman–Crippen MR) is 66.3 cm³/mol. The van der Waals surface area contributed by atoms with Gasteiger partial charge in [-0.2, -0.15) is 10.2 Å². The van der Waals surface area contributed by atoms with Crippen LogP contribution in [-0.4, -0.2) is 37.4 Å². The van der Waals surface area contributed by atoms with E-state index in [1.54, 1.807) is 35.1 Å². The van der Waals surface area contributed by atoms with Gasteiger partial charge in [0.05, 0.1) is 6.20 Å². The third kappa shape index (κ3) is 2.88. The minimum Gasteiger partial charge on any atom is -0.382 e. The molecule has 0 unspecified atom stereocenters. The van der Waals surface area contributed by atoms with E-state index >= 15 is 0 Å². The Kier molecular flexibility index (Phi) is 3.31. The summed E-state index contributed by atoms with van der Waals surface area (Å²) in [6.45, 7) is 0.720. The smallest absolute Gasteiger partial charge is 0.244 e. The van der Waals surface area contributed by atoms with Gasteiger partial charge in [-0.3, -0.25) is 14.2 Å². The normalized spacial score (nSPS) is 10.6.